The summed E-state index contributed by atoms with van der Waals surface area (Å²) >= 11 is 13.8. The average Bonchev–Trinajstić information content (AvgIpc) is 2.88. The van der Waals surface area contributed by atoms with Crippen LogP contribution < -0.4 is 10.6 Å². The zero-order valence-electron chi connectivity index (χ0n) is 21.2. The van der Waals surface area contributed by atoms with E-state index < -0.39 is 58.7 Å². The SMILES string of the molecule is CCOC(=O)COC(=O)[C@@H](Cc1ccccc1)NC(=O)C1CC(Cl)C2(CCCCC2NC)C(Cl)C1O.Cl. The third kappa shape index (κ3) is 7.30. The number of aliphatic hydroxyl groups is 1. The van der Waals surface area contributed by atoms with Crippen LogP contribution in [0.5, 0.6) is 0 Å². The summed E-state index contributed by atoms with van der Waals surface area (Å²) < 4.78 is 9.92. The first-order valence-electron chi connectivity index (χ1n) is 12.5. The van der Waals surface area contributed by atoms with Crippen LogP contribution in [0, 0.1) is 11.3 Å². The molecule has 1 amide bonds. The molecule has 6 unspecified atom stereocenters. The molecule has 1 spiro atoms. The number of esters is 2. The Kier molecular flexibility index (Phi) is 12.4. The number of hydrogen-bond acceptors (Lipinski definition) is 7. The van der Waals surface area contributed by atoms with Gasteiger partial charge in [-0.05, 0) is 38.8 Å². The van der Waals surface area contributed by atoms with E-state index in [1.54, 1.807) is 6.92 Å². The molecule has 0 bridgehead atoms. The molecule has 2 fully saturated rings. The highest BCUT2D eigenvalue weighted by atomic mass is 35.5. The van der Waals surface area contributed by atoms with Crippen molar-refractivity contribution >= 4 is 53.5 Å². The summed E-state index contributed by atoms with van der Waals surface area (Å²) in [6.45, 7) is 1.26. The first-order chi connectivity index (χ1) is 17.2. The number of carbonyl (C=O) groups is 3. The van der Waals surface area contributed by atoms with Gasteiger partial charge in [-0.2, -0.15) is 0 Å². The molecule has 2 aliphatic carbocycles. The van der Waals surface area contributed by atoms with Gasteiger partial charge < -0.3 is 25.2 Å². The third-order valence-electron chi connectivity index (χ3n) is 7.48. The molecule has 0 aliphatic heterocycles. The number of carbonyl (C=O) groups excluding carboxylic acids is 3. The van der Waals surface area contributed by atoms with Crippen LogP contribution in [0.2, 0.25) is 0 Å². The van der Waals surface area contributed by atoms with Crippen molar-refractivity contribution in [3.63, 3.8) is 0 Å². The maximum Gasteiger partial charge on any atom is 0.344 e. The van der Waals surface area contributed by atoms with Gasteiger partial charge in [-0.25, -0.2) is 9.59 Å². The number of alkyl halides is 2. The van der Waals surface area contributed by atoms with Gasteiger partial charge in [0.1, 0.15) is 6.04 Å². The fourth-order valence-corrected chi connectivity index (χ4v) is 6.88. The van der Waals surface area contributed by atoms with Crippen molar-refractivity contribution < 1.29 is 29.0 Å². The molecular formula is C26H37Cl3N2O6. The summed E-state index contributed by atoms with van der Waals surface area (Å²) in [4.78, 5) is 37.9. The Hall–Kier alpha value is -1.58. The molecule has 0 saturated heterocycles. The maximum absolute atomic E-state index is 13.4. The van der Waals surface area contributed by atoms with E-state index in [0.29, 0.717) is 0 Å². The zero-order chi connectivity index (χ0) is 26.3. The molecule has 2 saturated carbocycles. The molecule has 7 atom stereocenters. The summed E-state index contributed by atoms with van der Waals surface area (Å²) in [7, 11) is 1.87. The Morgan fingerprint density at radius 1 is 1.16 bits per heavy atom. The zero-order valence-corrected chi connectivity index (χ0v) is 23.5. The molecule has 3 rings (SSSR count). The van der Waals surface area contributed by atoms with Crippen molar-refractivity contribution in [1.29, 1.82) is 0 Å². The van der Waals surface area contributed by atoms with Crippen LogP contribution in [-0.4, -0.2) is 72.2 Å². The second-order valence-corrected chi connectivity index (χ2v) is 10.6. The minimum Gasteiger partial charge on any atom is -0.463 e. The minimum absolute atomic E-state index is 0. The summed E-state index contributed by atoms with van der Waals surface area (Å²) in [5.74, 6) is -2.87. The lowest BCUT2D eigenvalue weighted by Crippen LogP contribution is -2.65. The minimum atomic E-state index is -1.14. The van der Waals surface area contributed by atoms with Gasteiger partial charge in [0, 0.05) is 23.3 Å². The lowest BCUT2D eigenvalue weighted by molar-refractivity contribution is -0.160. The van der Waals surface area contributed by atoms with Gasteiger partial charge in [0.05, 0.1) is 24.0 Å². The Labute approximate surface area is 234 Å². The molecular weight excluding hydrogens is 543 g/mol. The Morgan fingerprint density at radius 2 is 1.86 bits per heavy atom. The predicted molar refractivity (Wildman–Crippen MR) is 144 cm³/mol. The highest BCUT2D eigenvalue weighted by molar-refractivity contribution is 6.25. The van der Waals surface area contributed by atoms with Gasteiger partial charge in [-0.3, -0.25) is 4.79 Å². The first-order valence-corrected chi connectivity index (χ1v) is 13.4. The van der Waals surface area contributed by atoms with Gasteiger partial charge >= 0.3 is 11.9 Å². The standard InChI is InChI=1S/C26H36Cl2N2O6.ClH/c1-3-35-21(31)15-36-25(34)18(13-16-9-5-4-6-10-16)30-24(33)17-14-19(27)26(23(28)22(17)32)12-8-7-11-20(26)29-2;/h4-6,9-10,17-20,22-23,29,32H,3,7-8,11-15H2,1-2H3,(H,30,33);1H/t17?,18-,19?,20?,22?,23?,26?;/m1./s1. The highest BCUT2D eigenvalue weighted by Crippen LogP contribution is 2.53. The normalized spacial score (nSPS) is 30.0. The summed E-state index contributed by atoms with van der Waals surface area (Å²) in [5.41, 5.74) is 0.262. The van der Waals surface area contributed by atoms with E-state index in [9.17, 15) is 19.5 Å². The molecule has 0 aromatic heterocycles. The second kappa shape index (κ2) is 14.5. The van der Waals surface area contributed by atoms with Crippen LogP contribution >= 0.6 is 35.6 Å². The van der Waals surface area contributed by atoms with Crippen molar-refractivity contribution in [1.82, 2.24) is 10.6 Å². The molecule has 3 N–H and O–H groups in total. The van der Waals surface area contributed by atoms with Crippen molar-refractivity contribution in [2.24, 2.45) is 11.3 Å². The van der Waals surface area contributed by atoms with Crippen LogP contribution in [0.1, 0.15) is 44.6 Å². The van der Waals surface area contributed by atoms with Crippen molar-refractivity contribution in [2.45, 2.75) is 74.4 Å². The fraction of sp³-hybridized carbons (Fsp3) is 0.654. The van der Waals surface area contributed by atoms with E-state index in [0.717, 1.165) is 31.2 Å². The van der Waals surface area contributed by atoms with Crippen LogP contribution in [-0.2, 0) is 30.3 Å². The number of rotatable bonds is 9. The van der Waals surface area contributed by atoms with E-state index >= 15 is 0 Å². The van der Waals surface area contributed by atoms with Crippen molar-refractivity contribution in [2.75, 3.05) is 20.3 Å². The van der Waals surface area contributed by atoms with Gasteiger partial charge in [-0.15, -0.1) is 35.6 Å². The van der Waals surface area contributed by atoms with E-state index in [-0.39, 0.29) is 37.9 Å². The number of aliphatic hydroxyl groups excluding tert-OH is 1. The predicted octanol–water partition coefficient (Wildman–Crippen LogP) is 2.99. The lowest BCUT2D eigenvalue weighted by Gasteiger charge is -2.55. The molecule has 37 heavy (non-hydrogen) atoms. The molecule has 1 aromatic rings. The first kappa shape index (κ1) is 31.6. The molecule has 0 radical (unpaired) electrons. The van der Waals surface area contributed by atoms with Gasteiger partial charge in [0.2, 0.25) is 5.91 Å². The number of hydrogen-bond donors (Lipinski definition) is 3. The van der Waals surface area contributed by atoms with Crippen molar-refractivity contribution in [3.05, 3.63) is 35.9 Å². The largest absolute Gasteiger partial charge is 0.463 e. The Morgan fingerprint density at radius 3 is 2.51 bits per heavy atom. The topological polar surface area (TPSA) is 114 Å². The number of nitrogens with one attached hydrogen (secondary N) is 2. The highest BCUT2D eigenvalue weighted by Gasteiger charge is 2.58. The maximum atomic E-state index is 13.4. The summed E-state index contributed by atoms with van der Waals surface area (Å²) in [6.07, 6.45) is 2.92. The van der Waals surface area contributed by atoms with Crippen molar-refractivity contribution in [3.8, 4) is 0 Å². The molecule has 208 valence electrons. The van der Waals surface area contributed by atoms with Gasteiger partial charge in [-0.1, -0.05) is 43.2 Å². The van der Waals surface area contributed by atoms with Gasteiger partial charge in [0.25, 0.3) is 0 Å². The van der Waals surface area contributed by atoms with Crippen LogP contribution in [0.15, 0.2) is 30.3 Å². The number of ether oxygens (including phenoxy) is 2. The van der Waals surface area contributed by atoms with Crippen LogP contribution in [0.3, 0.4) is 0 Å². The third-order valence-corrected chi connectivity index (χ3v) is 8.73. The molecule has 1 aromatic carbocycles. The second-order valence-electron chi connectivity index (χ2n) is 9.57. The summed E-state index contributed by atoms with van der Waals surface area (Å²) in [6, 6.07) is 8.10. The number of amides is 1. The molecule has 8 nitrogen and oxygen atoms in total. The molecule has 0 heterocycles. The Bertz CT molecular complexity index is 908. The van der Waals surface area contributed by atoms with Gasteiger partial charge in [0.15, 0.2) is 6.61 Å². The van der Waals surface area contributed by atoms with E-state index in [1.807, 2.05) is 37.4 Å². The summed E-state index contributed by atoms with van der Waals surface area (Å²) in [5, 5.41) is 16.1. The molecule has 2 aliphatic rings. The fourth-order valence-electron chi connectivity index (χ4n) is 5.63. The van der Waals surface area contributed by atoms with E-state index in [2.05, 4.69) is 10.6 Å². The number of benzene rings is 1. The van der Waals surface area contributed by atoms with E-state index in [4.69, 9.17) is 32.7 Å². The molecule has 11 heteroatoms. The van der Waals surface area contributed by atoms with Crippen LogP contribution in [0.4, 0.5) is 0 Å². The number of halogens is 3. The quantitative estimate of drug-likeness (QED) is 0.304. The van der Waals surface area contributed by atoms with E-state index in [1.165, 1.54) is 0 Å². The van der Waals surface area contributed by atoms with Crippen LogP contribution in [0.25, 0.3) is 0 Å². The average molecular weight is 580 g/mol. The Balaban J connectivity index is 0.00000481. The monoisotopic (exact) mass is 578 g/mol. The smallest absolute Gasteiger partial charge is 0.344 e. The lowest BCUT2D eigenvalue weighted by atomic mass is 9.59.